The van der Waals surface area contributed by atoms with Crippen molar-refractivity contribution in [3.63, 3.8) is 0 Å². The van der Waals surface area contributed by atoms with Crippen molar-refractivity contribution in [1.29, 1.82) is 0 Å². The molecule has 0 aromatic rings. The lowest BCUT2D eigenvalue weighted by molar-refractivity contribution is -0.117. The molecule has 2 N–H and O–H groups in total. The van der Waals surface area contributed by atoms with Crippen LogP contribution in [0.5, 0.6) is 0 Å². The summed E-state index contributed by atoms with van der Waals surface area (Å²) in [6.45, 7) is 4.17. The normalized spacial score (nSPS) is 13.4. The predicted molar refractivity (Wildman–Crippen MR) is 33.5 cm³/mol. The maximum Gasteiger partial charge on any atom is 0.130 e. The molecule has 0 spiro atoms. The molecule has 0 saturated heterocycles. The van der Waals surface area contributed by atoms with E-state index in [2.05, 4.69) is 0 Å². The Morgan fingerprint density at radius 2 is 2.25 bits per heavy atom. The molecule has 0 rings (SSSR count). The van der Waals surface area contributed by atoms with Crippen molar-refractivity contribution in [2.45, 2.75) is 20.3 Å². The third kappa shape index (κ3) is 3.81. The van der Waals surface area contributed by atoms with E-state index in [1.54, 1.807) is 6.92 Å². The first-order valence-corrected chi connectivity index (χ1v) is 2.86. The minimum Gasteiger partial charge on any atom is -0.330 e. The molecular weight excluding hydrogens is 102 g/mol. The summed E-state index contributed by atoms with van der Waals surface area (Å²) in [4.78, 5) is 10.4. The smallest absolute Gasteiger partial charge is 0.130 e. The molecule has 48 valence electrons. The van der Waals surface area contributed by atoms with Gasteiger partial charge in [0, 0.05) is 6.42 Å². The molecule has 0 aliphatic carbocycles. The van der Waals surface area contributed by atoms with Gasteiger partial charge in [0.2, 0.25) is 0 Å². The fourth-order valence-corrected chi connectivity index (χ4v) is 0.574. The van der Waals surface area contributed by atoms with E-state index in [0.29, 0.717) is 18.9 Å². The minimum absolute atomic E-state index is 0.225. The average Bonchev–Trinajstić information content (AvgIpc) is 1.65. The van der Waals surface area contributed by atoms with Crippen LogP contribution in [0.25, 0.3) is 0 Å². The van der Waals surface area contributed by atoms with Crippen LogP contribution in [-0.2, 0) is 4.79 Å². The summed E-state index contributed by atoms with van der Waals surface area (Å²) in [5.41, 5.74) is 5.27. The van der Waals surface area contributed by atoms with Gasteiger partial charge >= 0.3 is 0 Å². The van der Waals surface area contributed by atoms with Gasteiger partial charge < -0.3 is 10.5 Å². The third-order valence-electron chi connectivity index (χ3n) is 1.04. The molecule has 0 heterocycles. The zero-order chi connectivity index (χ0) is 6.57. The maximum atomic E-state index is 10.4. The quantitative estimate of drug-likeness (QED) is 0.584. The standard InChI is InChI=1S/C6H13NO/c1-5(4-7)3-6(2)8/h5H,3-4,7H2,1-2H3. The van der Waals surface area contributed by atoms with E-state index in [-0.39, 0.29) is 5.78 Å². The molecule has 0 aliphatic heterocycles. The zero-order valence-electron chi connectivity index (χ0n) is 5.48. The molecule has 1 atom stereocenters. The van der Waals surface area contributed by atoms with Crippen LogP contribution in [-0.4, -0.2) is 12.3 Å². The van der Waals surface area contributed by atoms with E-state index < -0.39 is 0 Å². The number of rotatable bonds is 3. The van der Waals surface area contributed by atoms with Crippen LogP contribution >= 0.6 is 0 Å². The number of carbonyl (C=O) groups is 1. The van der Waals surface area contributed by atoms with Crippen molar-refractivity contribution in [2.75, 3.05) is 6.54 Å². The second kappa shape index (κ2) is 3.61. The molecule has 0 aliphatic rings. The summed E-state index contributed by atoms with van der Waals surface area (Å²) in [5.74, 6) is 0.579. The van der Waals surface area contributed by atoms with Crippen molar-refractivity contribution in [3.05, 3.63) is 0 Å². The topological polar surface area (TPSA) is 43.1 Å². The number of carbonyl (C=O) groups excluding carboxylic acids is 1. The molecule has 0 amide bonds. The van der Waals surface area contributed by atoms with Gasteiger partial charge in [-0.25, -0.2) is 0 Å². The Labute approximate surface area is 50.1 Å². The fraction of sp³-hybridized carbons (Fsp3) is 0.833. The van der Waals surface area contributed by atoms with Gasteiger partial charge in [0.15, 0.2) is 0 Å². The first-order valence-electron chi connectivity index (χ1n) is 2.86. The lowest BCUT2D eigenvalue weighted by Crippen LogP contribution is -2.13. The van der Waals surface area contributed by atoms with E-state index in [9.17, 15) is 4.79 Å². The van der Waals surface area contributed by atoms with Crippen LogP contribution in [0.3, 0.4) is 0 Å². The van der Waals surface area contributed by atoms with E-state index in [1.807, 2.05) is 6.92 Å². The zero-order valence-corrected chi connectivity index (χ0v) is 5.48. The number of ketones is 1. The second-order valence-corrected chi connectivity index (χ2v) is 2.25. The second-order valence-electron chi connectivity index (χ2n) is 2.25. The van der Waals surface area contributed by atoms with E-state index in [1.165, 1.54) is 0 Å². The Balaban J connectivity index is 3.24. The first kappa shape index (κ1) is 7.63. The van der Waals surface area contributed by atoms with Crippen LogP contribution in [0.4, 0.5) is 0 Å². The summed E-state index contributed by atoms with van der Waals surface area (Å²) in [6, 6.07) is 0. The summed E-state index contributed by atoms with van der Waals surface area (Å²) >= 11 is 0. The van der Waals surface area contributed by atoms with Crippen LogP contribution in [0.1, 0.15) is 20.3 Å². The minimum atomic E-state index is 0.225. The number of hydrogen-bond donors (Lipinski definition) is 1. The van der Waals surface area contributed by atoms with Crippen LogP contribution < -0.4 is 5.73 Å². The van der Waals surface area contributed by atoms with Crippen molar-refractivity contribution < 1.29 is 4.79 Å². The van der Waals surface area contributed by atoms with Crippen molar-refractivity contribution in [2.24, 2.45) is 11.7 Å². The highest BCUT2D eigenvalue weighted by Gasteiger charge is 2.00. The Kier molecular flexibility index (Phi) is 3.44. The van der Waals surface area contributed by atoms with E-state index in [4.69, 9.17) is 5.73 Å². The monoisotopic (exact) mass is 115 g/mol. The maximum absolute atomic E-state index is 10.4. The van der Waals surface area contributed by atoms with Gasteiger partial charge in [0.25, 0.3) is 0 Å². The van der Waals surface area contributed by atoms with Crippen LogP contribution in [0, 0.1) is 5.92 Å². The fourth-order valence-electron chi connectivity index (χ4n) is 0.574. The highest BCUT2D eigenvalue weighted by molar-refractivity contribution is 5.75. The number of Topliss-reactive ketones (excluding diaryl/α,β-unsaturated/α-hetero) is 1. The van der Waals surface area contributed by atoms with Crippen LogP contribution in [0.2, 0.25) is 0 Å². The summed E-state index contributed by atoms with van der Waals surface area (Å²) < 4.78 is 0. The van der Waals surface area contributed by atoms with Crippen molar-refractivity contribution >= 4 is 5.78 Å². The van der Waals surface area contributed by atoms with Crippen LogP contribution in [0.15, 0.2) is 0 Å². The van der Waals surface area contributed by atoms with E-state index >= 15 is 0 Å². The van der Waals surface area contributed by atoms with Gasteiger partial charge in [0.05, 0.1) is 0 Å². The Bertz CT molecular complexity index is 80.6. The van der Waals surface area contributed by atoms with Gasteiger partial charge in [0.1, 0.15) is 5.78 Å². The Morgan fingerprint density at radius 1 is 1.75 bits per heavy atom. The molecule has 1 unspecified atom stereocenters. The Hall–Kier alpha value is -0.370. The van der Waals surface area contributed by atoms with Gasteiger partial charge in [-0.2, -0.15) is 0 Å². The summed E-state index contributed by atoms with van der Waals surface area (Å²) in [7, 11) is 0. The molecule has 0 aromatic heterocycles. The molecule has 0 radical (unpaired) electrons. The van der Waals surface area contributed by atoms with Gasteiger partial charge in [-0.3, -0.25) is 0 Å². The largest absolute Gasteiger partial charge is 0.330 e. The van der Waals surface area contributed by atoms with E-state index in [0.717, 1.165) is 0 Å². The molecule has 2 nitrogen and oxygen atoms in total. The Morgan fingerprint density at radius 3 is 2.38 bits per heavy atom. The predicted octanol–water partition coefficient (Wildman–Crippen LogP) is 0.560. The SMILES string of the molecule is CC(=O)CC(C)CN. The summed E-state index contributed by atoms with van der Waals surface area (Å²) in [5, 5.41) is 0. The lowest BCUT2D eigenvalue weighted by Gasteiger charge is -2.02. The molecular formula is C6H13NO. The van der Waals surface area contributed by atoms with Gasteiger partial charge in [-0.1, -0.05) is 6.92 Å². The molecule has 2 heteroatoms. The van der Waals surface area contributed by atoms with Crippen molar-refractivity contribution in [3.8, 4) is 0 Å². The number of hydrogen-bond acceptors (Lipinski definition) is 2. The number of nitrogens with two attached hydrogens (primary N) is 1. The molecule has 0 saturated carbocycles. The van der Waals surface area contributed by atoms with Gasteiger partial charge in [-0.15, -0.1) is 0 Å². The molecule has 0 fully saturated rings. The highest BCUT2D eigenvalue weighted by atomic mass is 16.1. The van der Waals surface area contributed by atoms with Crippen molar-refractivity contribution in [1.82, 2.24) is 0 Å². The summed E-state index contributed by atoms with van der Waals surface area (Å²) in [6.07, 6.45) is 0.622. The lowest BCUT2D eigenvalue weighted by atomic mass is 10.1. The molecule has 0 bridgehead atoms. The first-order chi connectivity index (χ1) is 3.66. The van der Waals surface area contributed by atoms with Gasteiger partial charge in [-0.05, 0) is 19.4 Å². The molecule has 0 aromatic carbocycles. The highest BCUT2D eigenvalue weighted by Crippen LogP contribution is 1.97. The third-order valence-corrected chi connectivity index (χ3v) is 1.04. The average molecular weight is 115 g/mol. The molecule has 8 heavy (non-hydrogen) atoms.